The fraction of sp³-hybridized carbons (Fsp3) is 0.562. The molecule has 1 aromatic carbocycles. The Kier molecular flexibility index (Phi) is 5.25. The molecule has 1 aliphatic rings. The van der Waals surface area contributed by atoms with Crippen molar-refractivity contribution in [1.29, 1.82) is 0 Å². The molecule has 0 atom stereocenters. The third-order valence-corrected chi connectivity index (χ3v) is 3.85. The van der Waals surface area contributed by atoms with E-state index in [0.717, 1.165) is 5.69 Å². The molecule has 1 aromatic rings. The van der Waals surface area contributed by atoms with Crippen molar-refractivity contribution in [2.75, 3.05) is 12.4 Å². The lowest BCUT2D eigenvalue weighted by Gasteiger charge is -2.22. The van der Waals surface area contributed by atoms with Crippen LogP contribution in [0.25, 0.3) is 0 Å². The second-order valence-electron chi connectivity index (χ2n) is 5.34. The van der Waals surface area contributed by atoms with Gasteiger partial charge >= 0.3 is 0 Å². The summed E-state index contributed by atoms with van der Waals surface area (Å²) in [5.41, 5.74) is 1.84. The first-order valence-electron chi connectivity index (χ1n) is 7.38. The van der Waals surface area contributed by atoms with Crippen LogP contribution in [0.15, 0.2) is 24.3 Å². The van der Waals surface area contributed by atoms with Crippen molar-refractivity contribution >= 4 is 11.6 Å². The number of carbonyl (C=O) groups excluding carboxylic acids is 1. The summed E-state index contributed by atoms with van der Waals surface area (Å²) in [6, 6.07) is 8.35. The predicted molar refractivity (Wildman–Crippen MR) is 79.6 cm³/mol. The number of benzene rings is 1. The van der Waals surface area contributed by atoms with Gasteiger partial charge in [0.25, 0.3) is 5.91 Å². The normalized spacial score (nSPS) is 17.3. The summed E-state index contributed by atoms with van der Waals surface area (Å²) < 4.78 is 0. The van der Waals surface area contributed by atoms with Crippen LogP contribution in [0.2, 0.25) is 0 Å². The van der Waals surface area contributed by atoms with E-state index in [9.17, 15) is 4.79 Å². The van der Waals surface area contributed by atoms with Crippen molar-refractivity contribution in [2.24, 2.45) is 0 Å². The third kappa shape index (κ3) is 4.27. The van der Waals surface area contributed by atoms with E-state index in [0.29, 0.717) is 11.6 Å². The average Bonchev–Trinajstić information content (AvgIpc) is 2.41. The van der Waals surface area contributed by atoms with Gasteiger partial charge in [-0.2, -0.15) is 0 Å². The van der Waals surface area contributed by atoms with Gasteiger partial charge in [0.05, 0.1) is 0 Å². The van der Waals surface area contributed by atoms with E-state index in [1.54, 1.807) is 7.05 Å². The highest BCUT2D eigenvalue weighted by atomic mass is 16.1. The van der Waals surface area contributed by atoms with Crippen molar-refractivity contribution < 1.29 is 4.79 Å². The zero-order valence-electron chi connectivity index (χ0n) is 11.7. The Labute approximate surface area is 115 Å². The van der Waals surface area contributed by atoms with Crippen LogP contribution in [-0.4, -0.2) is 19.0 Å². The molecule has 2 N–H and O–H groups in total. The van der Waals surface area contributed by atoms with Crippen LogP contribution in [-0.2, 0) is 0 Å². The first-order chi connectivity index (χ1) is 9.29. The number of nitrogens with one attached hydrogen (secondary N) is 2. The number of amides is 1. The Hall–Kier alpha value is -1.51. The van der Waals surface area contributed by atoms with Crippen molar-refractivity contribution in [3.8, 4) is 0 Å². The number of anilines is 1. The van der Waals surface area contributed by atoms with Crippen LogP contribution in [0.5, 0.6) is 0 Å². The standard InChI is InChI=1S/C16H24N2O/c1-17-16(19)13-9-11-15(12-10-13)18-14-7-5-3-2-4-6-8-14/h9-12,14,18H,2-8H2,1H3,(H,17,19). The van der Waals surface area contributed by atoms with Crippen LogP contribution < -0.4 is 10.6 Å². The summed E-state index contributed by atoms with van der Waals surface area (Å²) in [4.78, 5) is 11.5. The van der Waals surface area contributed by atoms with Crippen molar-refractivity contribution in [3.63, 3.8) is 0 Å². The minimum Gasteiger partial charge on any atom is -0.382 e. The Morgan fingerprint density at radius 3 is 2.16 bits per heavy atom. The lowest BCUT2D eigenvalue weighted by atomic mass is 9.96. The van der Waals surface area contributed by atoms with E-state index in [1.807, 2.05) is 24.3 Å². The largest absolute Gasteiger partial charge is 0.382 e. The SMILES string of the molecule is CNC(=O)c1ccc(NC2CCCCCCC2)cc1. The molecule has 0 aliphatic heterocycles. The fourth-order valence-corrected chi connectivity index (χ4v) is 2.70. The van der Waals surface area contributed by atoms with Gasteiger partial charge in [0.2, 0.25) is 0 Å². The van der Waals surface area contributed by atoms with Gasteiger partial charge in [0, 0.05) is 24.3 Å². The number of hydrogen-bond acceptors (Lipinski definition) is 2. The number of carbonyl (C=O) groups is 1. The van der Waals surface area contributed by atoms with Crippen molar-refractivity contribution in [2.45, 2.75) is 51.0 Å². The maximum absolute atomic E-state index is 11.5. The Morgan fingerprint density at radius 2 is 1.58 bits per heavy atom. The molecule has 0 spiro atoms. The second kappa shape index (κ2) is 7.17. The van der Waals surface area contributed by atoms with E-state index in [2.05, 4.69) is 10.6 Å². The fourth-order valence-electron chi connectivity index (χ4n) is 2.70. The van der Waals surface area contributed by atoms with Gasteiger partial charge in [0.15, 0.2) is 0 Å². The van der Waals surface area contributed by atoms with Gasteiger partial charge in [-0.1, -0.05) is 32.1 Å². The van der Waals surface area contributed by atoms with Gasteiger partial charge in [-0.15, -0.1) is 0 Å². The molecule has 0 heterocycles. The zero-order valence-corrected chi connectivity index (χ0v) is 11.7. The molecule has 2 rings (SSSR count). The minimum absolute atomic E-state index is 0.0301. The van der Waals surface area contributed by atoms with Gasteiger partial charge < -0.3 is 10.6 Å². The lowest BCUT2D eigenvalue weighted by Crippen LogP contribution is -2.21. The summed E-state index contributed by atoms with van der Waals surface area (Å²) in [6.07, 6.45) is 9.31. The molecular weight excluding hydrogens is 236 g/mol. The van der Waals surface area contributed by atoms with Crippen LogP contribution in [0.4, 0.5) is 5.69 Å². The topological polar surface area (TPSA) is 41.1 Å². The molecule has 1 aliphatic carbocycles. The highest BCUT2D eigenvalue weighted by Crippen LogP contribution is 2.21. The Balaban J connectivity index is 1.92. The molecule has 1 fully saturated rings. The number of hydrogen-bond donors (Lipinski definition) is 2. The maximum atomic E-state index is 11.5. The molecule has 0 saturated heterocycles. The smallest absolute Gasteiger partial charge is 0.251 e. The van der Waals surface area contributed by atoms with Gasteiger partial charge in [-0.05, 0) is 37.1 Å². The molecule has 0 unspecified atom stereocenters. The third-order valence-electron chi connectivity index (χ3n) is 3.85. The van der Waals surface area contributed by atoms with E-state index < -0.39 is 0 Å². The lowest BCUT2D eigenvalue weighted by molar-refractivity contribution is 0.0963. The van der Waals surface area contributed by atoms with E-state index in [-0.39, 0.29) is 5.91 Å². The Bertz CT molecular complexity index is 392. The molecule has 3 nitrogen and oxygen atoms in total. The molecule has 0 aromatic heterocycles. The molecule has 104 valence electrons. The van der Waals surface area contributed by atoms with Crippen LogP contribution in [0.3, 0.4) is 0 Å². The van der Waals surface area contributed by atoms with Crippen LogP contribution in [0, 0.1) is 0 Å². The molecule has 19 heavy (non-hydrogen) atoms. The first kappa shape index (κ1) is 13.9. The molecule has 1 amide bonds. The molecular formula is C16H24N2O. The predicted octanol–water partition coefficient (Wildman–Crippen LogP) is 3.57. The van der Waals surface area contributed by atoms with Gasteiger partial charge in [-0.25, -0.2) is 0 Å². The molecule has 0 radical (unpaired) electrons. The quantitative estimate of drug-likeness (QED) is 0.872. The van der Waals surface area contributed by atoms with Crippen LogP contribution in [0.1, 0.15) is 55.3 Å². The van der Waals surface area contributed by atoms with Gasteiger partial charge in [0.1, 0.15) is 0 Å². The summed E-state index contributed by atoms with van der Waals surface area (Å²) in [6.45, 7) is 0. The highest BCUT2D eigenvalue weighted by molar-refractivity contribution is 5.94. The van der Waals surface area contributed by atoms with E-state index >= 15 is 0 Å². The Morgan fingerprint density at radius 1 is 1.00 bits per heavy atom. The monoisotopic (exact) mass is 260 g/mol. The second-order valence-corrected chi connectivity index (χ2v) is 5.34. The highest BCUT2D eigenvalue weighted by Gasteiger charge is 2.11. The van der Waals surface area contributed by atoms with Crippen molar-refractivity contribution in [1.82, 2.24) is 5.32 Å². The summed E-state index contributed by atoms with van der Waals surface area (Å²) >= 11 is 0. The molecule has 3 heteroatoms. The average molecular weight is 260 g/mol. The maximum Gasteiger partial charge on any atom is 0.251 e. The van der Waals surface area contributed by atoms with E-state index in [4.69, 9.17) is 0 Å². The van der Waals surface area contributed by atoms with Crippen molar-refractivity contribution in [3.05, 3.63) is 29.8 Å². The summed E-state index contributed by atoms with van der Waals surface area (Å²) in [7, 11) is 1.66. The summed E-state index contributed by atoms with van der Waals surface area (Å²) in [5, 5.41) is 6.24. The molecule has 0 bridgehead atoms. The summed E-state index contributed by atoms with van der Waals surface area (Å²) in [5.74, 6) is -0.0301. The molecule has 1 saturated carbocycles. The van der Waals surface area contributed by atoms with E-state index in [1.165, 1.54) is 44.9 Å². The van der Waals surface area contributed by atoms with Crippen LogP contribution >= 0.6 is 0 Å². The number of rotatable bonds is 3. The first-order valence-corrected chi connectivity index (χ1v) is 7.38. The minimum atomic E-state index is -0.0301. The zero-order chi connectivity index (χ0) is 13.5. The van der Waals surface area contributed by atoms with Gasteiger partial charge in [-0.3, -0.25) is 4.79 Å².